The van der Waals surface area contributed by atoms with Gasteiger partial charge in [0.05, 0.1) is 0 Å². The van der Waals surface area contributed by atoms with E-state index in [1.807, 2.05) is 6.20 Å². The second-order valence-corrected chi connectivity index (χ2v) is 5.18. The molecule has 96 valence electrons. The molecule has 0 saturated carbocycles. The Labute approximate surface area is 109 Å². The largest absolute Gasteiger partial charge is 0.346 e. The summed E-state index contributed by atoms with van der Waals surface area (Å²) >= 11 is 0. The normalized spacial score (nSPS) is 12.9. The molecule has 2 aromatic rings. The second kappa shape index (κ2) is 5.85. The summed E-state index contributed by atoms with van der Waals surface area (Å²) in [5, 5.41) is 0. The summed E-state index contributed by atoms with van der Waals surface area (Å²) in [5.74, 6) is 2.21. The maximum atomic E-state index is 4.42. The summed E-state index contributed by atoms with van der Waals surface area (Å²) in [4.78, 5) is 7.88. The van der Waals surface area contributed by atoms with Gasteiger partial charge < -0.3 is 4.98 Å². The molecule has 0 amide bonds. The molecule has 18 heavy (non-hydrogen) atoms. The number of H-pyrrole nitrogens is 1. The van der Waals surface area contributed by atoms with Crippen molar-refractivity contribution in [3.8, 4) is 0 Å². The minimum atomic E-state index is 0.514. The van der Waals surface area contributed by atoms with Gasteiger partial charge in [-0.05, 0) is 17.9 Å². The van der Waals surface area contributed by atoms with Gasteiger partial charge in [0.15, 0.2) is 0 Å². The van der Waals surface area contributed by atoms with Crippen LogP contribution in [0, 0.1) is 5.92 Å². The van der Waals surface area contributed by atoms with E-state index in [1.54, 1.807) is 0 Å². The summed E-state index contributed by atoms with van der Waals surface area (Å²) in [6, 6.07) is 10.7. The number of aromatic amines is 1. The fourth-order valence-electron chi connectivity index (χ4n) is 2.32. The summed E-state index contributed by atoms with van der Waals surface area (Å²) < 4.78 is 0. The lowest BCUT2D eigenvalue weighted by atomic mass is 9.87. The average molecular weight is 242 g/mol. The van der Waals surface area contributed by atoms with E-state index in [0.717, 1.165) is 18.7 Å². The van der Waals surface area contributed by atoms with Crippen LogP contribution in [0.2, 0.25) is 0 Å². The fraction of sp³-hybridized carbons (Fsp3) is 0.438. The molecule has 1 N–H and O–H groups in total. The van der Waals surface area contributed by atoms with Crippen molar-refractivity contribution < 1.29 is 0 Å². The maximum absolute atomic E-state index is 4.42. The Morgan fingerprint density at radius 1 is 1.17 bits per heavy atom. The standard InChI is InChI=1S/C16H22N2/c1-4-16-17-11-15(18-16)14(12(2)3)10-13-8-6-5-7-9-13/h5-9,11-12,14H,4,10H2,1-3H3,(H,17,18). The minimum Gasteiger partial charge on any atom is -0.346 e. The van der Waals surface area contributed by atoms with E-state index in [0.29, 0.717) is 11.8 Å². The lowest BCUT2D eigenvalue weighted by molar-refractivity contribution is 0.486. The third kappa shape index (κ3) is 3.00. The van der Waals surface area contributed by atoms with Gasteiger partial charge in [0.25, 0.3) is 0 Å². The van der Waals surface area contributed by atoms with Gasteiger partial charge in [-0.3, -0.25) is 0 Å². The number of aryl methyl sites for hydroxylation is 1. The third-order valence-electron chi connectivity index (χ3n) is 3.49. The molecule has 0 saturated heterocycles. The third-order valence-corrected chi connectivity index (χ3v) is 3.49. The molecule has 1 aromatic heterocycles. The summed E-state index contributed by atoms with van der Waals surface area (Å²) in [6.45, 7) is 6.68. The Bertz CT molecular complexity index is 471. The Balaban J connectivity index is 2.18. The van der Waals surface area contributed by atoms with Gasteiger partial charge in [-0.15, -0.1) is 0 Å². The zero-order chi connectivity index (χ0) is 13.0. The number of benzene rings is 1. The van der Waals surface area contributed by atoms with Gasteiger partial charge in [0.2, 0.25) is 0 Å². The van der Waals surface area contributed by atoms with Crippen molar-refractivity contribution in [1.29, 1.82) is 0 Å². The predicted octanol–water partition coefficient (Wildman–Crippen LogP) is 3.95. The lowest BCUT2D eigenvalue weighted by Crippen LogP contribution is -2.10. The van der Waals surface area contributed by atoms with Crippen LogP contribution >= 0.6 is 0 Å². The molecule has 2 nitrogen and oxygen atoms in total. The van der Waals surface area contributed by atoms with E-state index >= 15 is 0 Å². The molecule has 0 fully saturated rings. The van der Waals surface area contributed by atoms with Gasteiger partial charge in [0, 0.05) is 24.2 Å². The molecule has 2 heteroatoms. The molecule has 1 aromatic carbocycles. The second-order valence-electron chi connectivity index (χ2n) is 5.18. The number of rotatable bonds is 5. The van der Waals surface area contributed by atoms with Crippen molar-refractivity contribution >= 4 is 0 Å². The Hall–Kier alpha value is -1.57. The molecule has 0 aliphatic heterocycles. The molecular formula is C16H22N2. The van der Waals surface area contributed by atoms with Gasteiger partial charge in [-0.2, -0.15) is 0 Å². The molecule has 1 atom stereocenters. The molecule has 1 unspecified atom stereocenters. The first-order chi connectivity index (χ1) is 8.70. The highest BCUT2D eigenvalue weighted by Gasteiger charge is 2.18. The van der Waals surface area contributed by atoms with Crippen LogP contribution in [-0.4, -0.2) is 9.97 Å². The first-order valence-corrected chi connectivity index (χ1v) is 6.78. The van der Waals surface area contributed by atoms with E-state index in [2.05, 4.69) is 61.1 Å². The highest BCUT2D eigenvalue weighted by atomic mass is 14.9. The summed E-state index contributed by atoms with van der Waals surface area (Å²) in [7, 11) is 0. The van der Waals surface area contributed by atoms with E-state index in [1.165, 1.54) is 11.3 Å². The Morgan fingerprint density at radius 3 is 2.44 bits per heavy atom. The monoisotopic (exact) mass is 242 g/mol. The fourth-order valence-corrected chi connectivity index (χ4v) is 2.32. The summed E-state index contributed by atoms with van der Waals surface area (Å²) in [6.07, 6.45) is 4.05. The van der Waals surface area contributed by atoms with Crippen LogP contribution in [0.3, 0.4) is 0 Å². The molecule has 0 radical (unpaired) electrons. The van der Waals surface area contributed by atoms with Gasteiger partial charge in [-0.25, -0.2) is 4.98 Å². The van der Waals surface area contributed by atoms with Crippen LogP contribution in [0.15, 0.2) is 36.5 Å². The molecule has 0 aliphatic rings. The first kappa shape index (κ1) is 12.9. The van der Waals surface area contributed by atoms with E-state index in [9.17, 15) is 0 Å². The average Bonchev–Trinajstić information content (AvgIpc) is 2.85. The highest BCUT2D eigenvalue weighted by Crippen LogP contribution is 2.27. The Morgan fingerprint density at radius 2 is 1.89 bits per heavy atom. The number of imidazole rings is 1. The van der Waals surface area contributed by atoms with E-state index in [-0.39, 0.29) is 0 Å². The SMILES string of the molecule is CCc1ncc(C(Cc2ccccc2)C(C)C)[nH]1. The first-order valence-electron chi connectivity index (χ1n) is 6.78. The van der Waals surface area contributed by atoms with Crippen molar-refractivity contribution in [3.05, 3.63) is 53.6 Å². The highest BCUT2D eigenvalue weighted by molar-refractivity contribution is 5.20. The molecule has 0 aliphatic carbocycles. The van der Waals surface area contributed by atoms with E-state index < -0.39 is 0 Å². The lowest BCUT2D eigenvalue weighted by Gasteiger charge is -2.19. The van der Waals surface area contributed by atoms with Crippen molar-refractivity contribution in [2.75, 3.05) is 0 Å². The minimum absolute atomic E-state index is 0.514. The Kier molecular flexibility index (Phi) is 4.19. The number of aromatic nitrogens is 2. The van der Waals surface area contributed by atoms with Gasteiger partial charge in [-0.1, -0.05) is 51.1 Å². The zero-order valence-electron chi connectivity index (χ0n) is 11.5. The van der Waals surface area contributed by atoms with Crippen molar-refractivity contribution in [1.82, 2.24) is 9.97 Å². The van der Waals surface area contributed by atoms with Crippen LogP contribution in [0.5, 0.6) is 0 Å². The van der Waals surface area contributed by atoms with Crippen LogP contribution in [0.1, 0.15) is 43.8 Å². The topological polar surface area (TPSA) is 28.7 Å². The molecule has 0 spiro atoms. The quantitative estimate of drug-likeness (QED) is 0.844. The van der Waals surface area contributed by atoms with Crippen molar-refractivity contribution in [2.45, 2.75) is 39.5 Å². The maximum Gasteiger partial charge on any atom is 0.105 e. The van der Waals surface area contributed by atoms with Crippen LogP contribution in [0.25, 0.3) is 0 Å². The smallest absolute Gasteiger partial charge is 0.105 e. The molecular weight excluding hydrogens is 220 g/mol. The molecule has 0 bridgehead atoms. The van der Waals surface area contributed by atoms with Crippen LogP contribution < -0.4 is 0 Å². The molecule has 2 rings (SSSR count). The number of nitrogens with one attached hydrogen (secondary N) is 1. The van der Waals surface area contributed by atoms with E-state index in [4.69, 9.17) is 0 Å². The van der Waals surface area contributed by atoms with Crippen LogP contribution in [-0.2, 0) is 12.8 Å². The number of hydrogen-bond donors (Lipinski definition) is 1. The summed E-state index contributed by atoms with van der Waals surface area (Å²) in [5.41, 5.74) is 2.66. The molecule has 1 heterocycles. The van der Waals surface area contributed by atoms with Crippen molar-refractivity contribution in [3.63, 3.8) is 0 Å². The number of hydrogen-bond acceptors (Lipinski definition) is 1. The predicted molar refractivity (Wildman–Crippen MR) is 75.7 cm³/mol. The van der Waals surface area contributed by atoms with Gasteiger partial charge >= 0.3 is 0 Å². The van der Waals surface area contributed by atoms with Crippen LogP contribution in [0.4, 0.5) is 0 Å². The zero-order valence-corrected chi connectivity index (χ0v) is 11.5. The number of nitrogens with zero attached hydrogens (tertiary/aromatic N) is 1. The van der Waals surface area contributed by atoms with Crippen molar-refractivity contribution in [2.24, 2.45) is 5.92 Å². The van der Waals surface area contributed by atoms with Gasteiger partial charge in [0.1, 0.15) is 5.82 Å².